The molecule has 0 radical (unpaired) electrons. The van der Waals surface area contributed by atoms with Gasteiger partial charge in [0, 0.05) is 22.6 Å². The highest BCUT2D eigenvalue weighted by Crippen LogP contribution is 2.22. The van der Waals surface area contributed by atoms with Gasteiger partial charge in [0.15, 0.2) is 0 Å². The van der Waals surface area contributed by atoms with E-state index in [4.69, 9.17) is 0 Å². The zero-order valence-electron chi connectivity index (χ0n) is 19.2. The Morgan fingerprint density at radius 3 is 1.85 bits per heavy atom. The zero-order chi connectivity index (χ0) is 23.9. The van der Waals surface area contributed by atoms with Gasteiger partial charge in [-0.25, -0.2) is 0 Å². The topological polar surface area (TPSA) is 70.2 Å². The van der Waals surface area contributed by atoms with E-state index < -0.39 is 0 Å². The average molecular weight is 450 g/mol. The van der Waals surface area contributed by atoms with E-state index in [9.17, 15) is 9.59 Å². The number of carbonyl (C=O) groups is 2. The van der Waals surface area contributed by atoms with E-state index in [1.54, 1.807) is 36.4 Å². The maximum atomic E-state index is 13.0. The van der Waals surface area contributed by atoms with Gasteiger partial charge in [0.25, 0.3) is 11.8 Å². The molecule has 4 aromatic carbocycles. The predicted octanol–water partition coefficient (Wildman–Crippen LogP) is 7.06. The van der Waals surface area contributed by atoms with Gasteiger partial charge in [-0.3, -0.25) is 9.59 Å². The molecule has 5 nitrogen and oxygen atoms in total. The number of nitrogens with one attached hydrogen (secondary N) is 3. The molecular formula is C29H27N3O2. The van der Waals surface area contributed by atoms with Crippen LogP contribution in [-0.4, -0.2) is 11.8 Å². The molecule has 4 rings (SSSR count). The van der Waals surface area contributed by atoms with E-state index in [1.807, 2.05) is 66.7 Å². The fourth-order valence-electron chi connectivity index (χ4n) is 3.53. The summed E-state index contributed by atoms with van der Waals surface area (Å²) in [5, 5.41) is 9.09. The SMILES string of the molecule is CC(C)c1ccc(C(=O)Nc2ccccc2C(=O)Nc2ccc(Nc3ccccc3)cc2)cc1. The summed E-state index contributed by atoms with van der Waals surface area (Å²) in [6.07, 6.45) is 0. The van der Waals surface area contributed by atoms with Crippen molar-refractivity contribution in [3.05, 3.63) is 120 Å². The van der Waals surface area contributed by atoms with Gasteiger partial charge in [-0.15, -0.1) is 0 Å². The lowest BCUT2D eigenvalue weighted by atomic mass is 10.0. The number of anilines is 4. The quantitative estimate of drug-likeness (QED) is 0.283. The van der Waals surface area contributed by atoms with E-state index in [2.05, 4.69) is 29.8 Å². The van der Waals surface area contributed by atoms with Crippen LogP contribution in [-0.2, 0) is 0 Å². The monoisotopic (exact) mass is 449 g/mol. The number of amides is 2. The fourth-order valence-corrected chi connectivity index (χ4v) is 3.53. The van der Waals surface area contributed by atoms with Gasteiger partial charge in [0.1, 0.15) is 0 Å². The van der Waals surface area contributed by atoms with Crippen molar-refractivity contribution in [2.75, 3.05) is 16.0 Å². The smallest absolute Gasteiger partial charge is 0.257 e. The van der Waals surface area contributed by atoms with Crippen LogP contribution < -0.4 is 16.0 Å². The Hall–Kier alpha value is -4.38. The molecule has 5 heteroatoms. The minimum Gasteiger partial charge on any atom is -0.356 e. The van der Waals surface area contributed by atoms with E-state index in [-0.39, 0.29) is 11.8 Å². The first kappa shape index (κ1) is 22.8. The summed E-state index contributed by atoms with van der Waals surface area (Å²) in [4.78, 5) is 25.7. The van der Waals surface area contributed by atoms with Gasteiger partial charge < -0.3 is 16.0 Å². The molecule has 2 amide bonds. The normalized spacial score (nSPS) is 10.6. The molecule has 0 fully saturated rings. The molecule has 0 saturated heterocycles. The Bertz CT molecular complexity index is 1270. The van der Waals surface area contributed by atoms with Gasteiger partial charge in [-0.05, 0) is 72.1 Å². The summed E-state index contributed by atoms with van der Waals surface area (Å²) in [6.45, 7) is 4.22. The molecule has 0 aromatic heterocycles. The molecule has 34 heavy (non-hydrogen) atoms. The minimum absolute atomic E-state index is 0.258. The molecule has 0 bridgehead atoms. The first-order chi connectivity index (χ1) is 16.5. The second kappa shape index (κ2) is 10.5. The number of para-hydroxylation sites is 2. The van der Waals surface area contributed by atoms with Crippen molar-refractivity contribution in [2.24, 2.45) is 0 Å². The van der Waals surface area contributed by atoms with Crippen molar-refractivity contribution in [1.82, 2.24) is 0 Å². The third-order valence-corrected chi connectivity index (χ3v) is 5.46. The molecule has 170 valence electrons. The molecule has 4 aromatic rings. The Kier molecular flexibility index (Phi) is 7.04. The van der Waals surface area contributed by atoms with Crippen molar-refractivity contribution >= 4 is 34.6 Å². The molecule has 0 atom stereocenters. The maximum absolute atomic E-state index is 13.0. The van der Waals surface area contributed by atoms with Crippen LogP contribution in [0, 0.1) is 0 Å². The standard InChI is InChI=1S/C29H27N3O2/c1-20(2)21-12-14-22(15-13-21)28(33)32-27-11-7-6-10-26(27)29(34)31-25-18-16-24(17-19-25)30-23-8-4-3-5-9-23/h3-20,30H,1-2H3,(H,31,34)(H,32,33). The number of hydrogen-bond donors (Lipinski definition) is 3. The van der Waals surface area contributed by atoms with Crippen LogP contribution in [0.1, 0.15) is 46.0 Å². The number of hydrogen-bond acceptors (Lipinski definition) is 3. The fraction of sp³-hybridized carbons (Fsp3) is 0.103. The van der Waals surface area contributed by atoms with Crippen molar-refractivity contribution in [3.8, 4) is 0 Å². The first-order valence-corrected chi connectivity index (χ1v) is 11.2. The first-order valence-electron chi connectivity index (χ1n) is 11.2. The van der Waals surface area contributed by atoms with Crippen molar-refractivity contribution in [2.45, 2.75) is 19.8 Å². The maximum Gasteiger partial charge on any atom is 0.257 e. The molecule has 0 heterocycles. The summed E-state index contributed by atoms with van der Waals surface area (Å²) < 4.78 is 0. The van der Waals surface area contributed by atoms with E-state index >= 15 is 0 Å². The average Bonchev–Trinajstić information content (AvgIpc) is 2.86. The highest BCUT2D eigenvalue weighted by Gasteiger charge is 2.15. The van der Waals surface area contributed by atoms with Gasteiger partial charge in [-0.2, -0.15) is 0 Å². The van der Waals surface area contributed by atoms with E-state index in [1.165, 1.54) is 5.56 Å². The molecule has 0 aliphatic rings. The van der Waals surface area contributed by atoms with Crippen molar-refractivity contribution in [1.29, 1.82) is 0 Å². The lowest BCUT2D eigenvalue weighted by Gasteiger charge is -2.13. The van der Waals surface area contributed by atoms with Crippen LogP contribution in [0.3, 0.4) is 0 Å². The second-order valence-corrected chi connectivity index (χ2v) is 8.30. The van der Waals surface area contributed by atoms with E-state index in [0.717, 1.165) is 11.4 Å². The molecule has 0 aliphatic carbocycles. The number of carbonyl (C=O) groups excluding carboxylic acids is 2. The third kappa shape index (κ3) is 5.70. The van der Waals surface area contributed by atoms with Crippen LogP contribution in [0.25, 0.3) is 0 Å². The van der Waals surface area contributed by atoms with E-state index in [0.29, 0.717) is 28.4 Å². The van der Waals surface area contributed by atoms with Crippen LogP contribution in [0.15, 0.2) is 103 Å². The van der Waals surface area contributed by atoms with Crippen molar-refractivity contribution in [3.63, 3.8) is 0 Å². The summed E-state index contributed by atoms with van der Waals surface area (Å²) in [7, 11) is 0. The molecule has 3 N–H and O–H groups in total. The Morgan fingerprint density at radius 1 is 0.588 bits per heavy atom. The predicted molar refractivity (Wildman–Crippen MR) is 139 cm³/mol. The van der Waals surface area contributed by atoms with Crippen LogP contribution in [0.5, 0.6) is 0 Å². The Labute approximate surface area is 199 Å². The van der Waals surface area contributed by atoms with Gasteiger partial charge in [-0.1, -0.05) is 56.3 Å². The summed E-state index contributed by atoms with van der Waals surface area (Å²) in [5.41, 5.74) is 5.13. The van der Waals surface area contributed by atoms with Crippen LogP contribution in [0.2, 0.25) is 0 Å². The minimum atomic E-state index is -0.296. The molecular weight excluding hydrogens is 422 g/mol. The van der Waals surface area contributed by atoms with Gasteiger partial charge in [0.05, 0.1) is 11.3 Å². The Morgan fingerprint density at radius 2 is 1.18 bits per heavy atom. The molecule has 0 saturated carbocycles. The lowest BCUT2D eigenvalue weighted by Crippen LogP contribution is -2.18. The highest BCUT2D eigenvalue weighted by molar-refractivity contribution is 6.12. The number of rotatable bonds is 7. The third-order valence-electron chi connectivity index (χ3n) is 5.46. The summed E-state index contributed by atoms with van der Waals surface area (Å²) in [6, 6.07) is 31.8. The highest BCUT2D eigenvalue weighted by atomic mass is 16.2. The van der Waals surface area contributed by atoms with Crippen LogP contribution >= 0.6 is 0 Å². The summed E-state index contributed by atoms with van der Waals surface area (Å²) in [5.74, 6) is -0.161. The lowest BCUT2D eigenvalue weighted by molar-refractivity contribution is 0.102. The van der Waals surface area contributed by atoms with Gasteiger partial charge >= 0.3 is 0 Å². The summed E-state index contributed by atoms with van der Waals surface area (Å²) >= 11 is 0. The second-order valence-electron chi connectivity index (χ2n) is 8.30. The molecule has 0 spiro atoms. The largest absolute Gasteiger partial charge is 0.356 e. The van der Waals surface area contributed by atoms with Gasteiger partial charge in [0.2, 0.25) is 0 Å². The van der Waals surface area contributed by atoms with Crippen molar-refractivity contribution < 1.29 is 9.59 Å². The van der Waals surface area contributed by atoms with Crippen LogP contribution in [0.4, 0.5) is 22.7 Å². The Balaban J connectivity index is 1.43. The number of benzene rings is 4. The zero-order valence-corrected chi connectivity index (χ0v) is 19.2. The molecule has 0 aliphatic heterocycles. The molecule has 0 unspecified atom stereocenters.